The van der Waals surface area contributed by atoms with E-state index >= 15 is 0 Å². The molecule has 3 aliphatic rings. The highest BCUT2D eigenvalue weighted by atomic mass is 19.1. The predicted octanol–water partition coefficient (Wildman–Crippen LogP) is 2.36. The first kappa shape index (κ1) is 19.5. The lowest BCUT2D eigenvalue weighted by molar-refractivity contribution is -0.119. The van der Waals surface area contributed by atoms with E-state index in [1.165, 1.54) is 12.1 Å². The highest BCUT2D eigenvalue weighted by Crippen LogP contribution is 2.37. The molecular formula is C22H24FN3O3. The van der Waals surface area contributed by atoms with Gasteiger partial charge in [-0.3, -0.25) is 4.79 Å². The lowest BCUT2D eigenvalue weighted by Crippen LogP contribution is -2.56. The molecular weight excluding hydrogens is 373 g/mol. The van der Waals surface area contributed by atoms with E-state index in [1.54, 1.807) is 6.07 Å². The zero-order valence-corrected chi connectivity index (χ0v) is 16.0. The molecule has 1 aromatic rings. The monoisotopic (exact) mass is 397 g/mol. The Balaban J connectivity index is 1.70. The maximum Gasteiger partial charge on any atom is 0.266 e. The van der Waals surface area contributed by atoms with Crippen LogP contribution in [0, 0.1) is 11.7 Å². The predicted molar refractivity (Wildman–Crippen MR) is 110 cm³/mol. The smallest absolute Gasteiger partial charge is 0.266 e. The number of nitrogen functional groups attached to an aromatic ring is 1. The number of ether oxygens (including phenoxy) is 1. The number of halogens is 1. The Hall–Kier alpha value is -2.77. The summed E-state index contributed by atoms with van der Waals surface area (Å²) >= 11 is 0. The first-order chi connectivity index (χ1) is 14.0. The van der Waals surface area contributed by atoms with Crippen molar-refractivity contribution in [1.82, 2.24) is 5.32 Å². The van der Waals surface area contributed by atoms with Crippen molar-refractivity contribution >= 4 is 23.0 Å². The molecule has 0 spiro atoms. The van der Waals surface area contributed by atoms with Crippen LogP contribution < -0.4 is 11.1 Å². The summed E-state index contributed by atoms with van der Waals surface area (Å²) in [4.78, 5) is 17.7. The van der Waals surface area contributed by atoms with Crippen LogP contribution in [0.5, 0.6) is 0 Å². The van der Waals surface area contributed by atoms with Gasteiger partial charge in [-0.2, -0.15) is 0 Å². The van der Waals surface area contributed by atoms with E-state index in [0.717, 1.165) is 5.57 Å². The quantitative estimate of drug-likeness (QED) is 0.680. The van der Waals surface area contributed by atoms with Gasteiger partial charge in [-0.1, -0.05) is 24.3 Å². The Morgan fingerprint density at radius 1 is 1.34 bits per heavy atom. The number of nitrogens with one attached hydrogen (secondary N) is 1. The molecule has 29 heavy (non-hydrogen) atoms. The van der Waals surface area contributed by atoms with Crippen molar-refractivity contribution in [2.75, 3.05) is 25.6 Å². The van der Waals surface area contributed by atoms with Gasteiger partial charge in [0.15, 0.2) is 0 Å². The average Bonchev–Trinajstić information content (AvgIpc) is 2.74. The minimum absolute atomic E-state index is 0.0162. The van der Waals surface area contributed by atoms with Crippen molar-refractivity contribution in [3.8, 4) is 0 Å². The van der Waals surface area contributed by atoms with Crippen LogP contribution in [0.4, 0.5) is 10.1 Å². The summed E-state index contributed by atoms with van der Waals surface area (Å²) in [7, 11) is 0. The Kier molecular flexibility index (Phi) is 5.34. The zero-order valence-electron chi connectivity index (χ0n) is 16.0. The average molecular weight is 397 g/mol. The van der Waals surface area contributed by atoms with Gasteiger partial charge in [-0.15, -0.1) is 0 Å². The van der Waals surface area contributed by atoms with Gasteiger partial charge in [0.05, 0.1) is 17.8 Å². The SMILES string of the molecule is Nc1cc(F)ccc1C1=C2C=CC=CC2CC(C(=O)NC2(CO)CCOCC2)=N1. The van der Waals surface area contributed by atoms with Gasteiger partial charge in [0.1, 0.15) is 11.5 Å². The second-order valence-electron chi connectivity index (χ2n) is 7.65. The number of hydrogen-bond acceptors (Lipinski definition) is 5. The van der Waals surface area contributed by atoms with Gasteiger partial charge in [0.2, 0.25) is 0 Å². The summed E-state index contributed by atoms with van der Waals surface area (Å²) in [6.07, 6.45) is 9.37. The van der Waals surface area contributed by atoms with Crippen LogP contribution in [0.15, 0.2) is 53.1 Å². The summed E-state index contributed by atoms with van der Waals surface area (Å²) in [5.74, 6) is -0.742. The number of hydrogen-bond donors (Lipinski definition) is 3. The number of rotatable bonds is 4. The van der Waals surface area contributed by atoms with E-state index in [9.17, 15) is 14.3 Å². The Morgan fingerprint density at radius 2 is 2.14 bits per heavy atom. The van der Waals surface area contributed by atoms with Crippen molar-refractivity contribution in [3.63, 3.8) is 0 Å². The summed E-state index contributed by atoms with van der Waals surface area (Å²) < 4.78 is 18.9. The molecule has 1 fully saturated rings. The van der Waals surface area contributed by atoms with E-state index < -0.39 is 11.4 Å². The molecule has 4 rings (SSSR count). The number of aliphatic hydroxyl groups is 1. The lowest BCUT2D eigenvalue weighted by Gasteiger charge is -2.37. The molecule has 0 aromatic heterocycles. The molecule has 7 heteroatoms. The molecule has 152 valence electrons. The first-order valence-electron chi connectivity index (χ1n) is 9.74. The van der Waals surface area contributed by atoms with Gasteiger partial charge < -0.3 is 20.9 Å². The third-order valence-electron chi connectivity index (χ3n) is 5.73. The number of nitrogens with two attached hydrogens (primary N) is 1. The summed E-state index contributed by atoms with van der Waals surface area (Å²) in [6, 6.07) is 4.18. The number of anilines is 1. The number of carbonyl (C=O) groups excluding carboxylic acids is 1. The third-order valence-corrected chi connectivity index (χ3v) is 5.73. The fourth-order valence-electron chi connectivity index (χ4n) is 3.98. The van der Waals surface area contributed by atoms with Gasteiger partial charge in [0.25, 0.3) is 5.91 Å². The number of carbonyl (C=O) groups is 1. The second kappa shape index (κ2) is 7.93. The Labute approximate surface area is 168 Å². The highest BCUT2D eigenvalue weighted by molar-refractivity contribution is 6.40. The first-order valence-corrected chi connectivity index (χ1v) is 9.74. The van der Waals surface area contributed by atoms with Crippen LogP contribution >= 0.6 is 0 Å². The van der Waals surface area contributed by atoms with Crippen LogP contribution in [-0.2, 0) is 9.53 Å². The van der Waals surface area contributed by atoms with Crippen LogP contribution in [0.2, 0.25) is 0 Å². The molecule has 4 N–H and O–H groups in total. The fraction of sp³-hybridized carbons (Fsp3) is 0.364. The number of amides is 1. The van der Waals surface area contributed by atoms with E-state index in [4.69, 9.17) is 10.5 Å². The van der Waals surface area contributed by atoms with Crippen molar-refractivity contribution in [2.24, 2.45) is 10.9 Å². The van der Waals surface area contributed by atoms with Crippen LogP contribution in [0.25, 0.3) is 5.70 Å². The molecule has 0 bridgehead atoms. The molecule has 2 aliphatic heterocycles. The van der Waals surface area contributed by atoms with Gasteiger partial charge in [-0.25, -0.2) is 9.38 Å². The molecule has 2 heterocycles. The van der Waals surface area contributed by atoms with Gasteiger partial charge >= 0.3 is 0 Å². The number of fused-ring (bicyclic) bond motifs is 1. The van der Waals surface area contributed by atoms with E-state index in [1.807, 2.05) is 24.3 Å². The minimum Gasteiger partial charge on any atom is -0.398 e. The number of benzene rings is 1. The van der Waals surface area contributed by atoms with Gasteiger partial charge in [0, 0.05) is 36.8 Å². The summed E-state index contributed by atoms with van der Waals surface area (Å²) in [6.45, 7) is 0.829. The molecule has 1 aromatic carbocycles. The molecule has 1 aliphatic carbocycles. The zero-order chi connectivity index (χ0) is 20.4. The molecule has 1 amide bonds. The van der Waals surface area contributed by atoms with E-state index in [0.29, 0.717) is 49.4 Å². The topological polar surface area (TPSA) is 96.9 Å². The lowest BCUT2D eigenvalue weighted by atomic mass is 9.83. The number of allylic oxidation sites excluding steroid dienone is 5. The molecule has 1 atom stereocenters. The second-order valence-corrected chi connectivity index (χ2v) is 7.65. The maximum atomic E-state index is 13.5. The van der Waals surface area contributed by atoms with Crippen molar-refractivity contribution in [2.45, 2.75) is 24.8 Å². The maximum absolute atomic E-state index is 13.5. The standard InChI is InChI=1S/C22H24FN3O3/c23-15-5-6-17(18(24)12-15)20-16-4-2-1-3-14(16)11-19(25-20)21(28)26-22(13-27)7-9-29-10-8-22/h1-6,12,14,27H,7-11,13,24H2,(H,26,28). The highest BCUT2D eigenvalue weighted by Gasteiger charge is 2.36. The summed E-state index contributed by atoms with van der Waals surface area (Å²) in [5, 5.41) is 12.9. The molecule has 0 saturated carbocycles. The van der Waals surface area contributed by atoms with Crippen LogP contribution in [0.3, 0.4) is 0 Å². The van der Waals surface area contributed by atoms with E-state index in [-0.39, 0.29) is 24.1 Å². The molecule has 0 radical (unpaired) electrons. The number of aliphatic hydroxyl groups excluding tert-OH is 1. The Morgan fingerprint density at radius 3 is 2.86 bits per heavy atom. The third kappa shape index (κ3) is 3.88. The van der Waals surface area contributed by atoms with Gasteiger partial charge in [-0.05, 0) is 36.6 Å². The van der Waals surface area contributed by atoms with E-state index in [2.05, 4.69) is 10.3 Å². The summed E-state index contributed by atoms with van der Waals surface area (Å²) in [5.41, 5.74) is 8.13. The molecule has 1 saturated heterocycles. The molecule has 6 nitrogen and oxygen atoms in total. The van der Waals surface area contributed by atoms with Crippen molar-refractivity contribution in [1.29, 1.82) is 0 Å². The number of nitrogens with zero attached hydrogens (tertiary/aromatic N) is 1. The number of aliphatic imine (C=N–C) groups is 1. The largest absolute Gasteiger partial charge is 0.398 e. The van der Waals surface area contributed by atoms with Crippen molar-refractivity contribution in [3.05, 3.63) is 59.5 Å². The normalized spacial score (nSPS) is 22.8. The van der Waals surface area contributed by atoms with Crippen LogP contribution in [-0.4, -0.2) is 42.1 Å². The minimum atomic E-state index is -0.695. The fourth-order valence-corrected chi connectivity index (χ4v) is 3.98. The molecule has 1 unspecified atom stereocenters. The van der Waals surface area contributed by atoms with Crippen LogP contribution in [0.1, 0.15) is 24.8 Å². The Bertz CT molecular complexity index is 943. The van der Waals surface area contributed by atoms with Crippen molar-refractivity contribution < 1.29 is 19.0 Å².